The van der Waals surface area contributed by atoms with E-state index in [-0.39, 0.29) is 5.41 Å². The van der Waals surface area contributed by atoms with Gasteiger partial charge < -0.3 is 9.47 Å². The van der Waals surface area contributed by atoms with Crippen molar-refractivity contribution in [3.63, 3.8) is 0 Å². The first-order chi connectivity index (χ1) is 16.9. The molecule has 0 radical (unpaired) electrons. The number of hydrogen-bond donors (Lipinski definition) is 0. The van der Waals surface area contributed by atoms with Crippen molar-refractivity contribution in [1.29, 1.82) is 0 Å². The molecule has 0 N–H and O–H groups in total. The summed E-state index contributed by atoms with van der Waals surface area (Å²) in [5.41, 5.74) is 6.47. The van der Waals surface area contributed by atoms with Crippen LogP contribution in [-0.2, 0) is 5.41 Å². The predicted octanol–water partition coefficient (Wildman–Crippen LogP) is 7.95. The lowest BCUT2D eigenvalue weighted by atomic mass is 9.84. The molecule has 36 heavy (non-hydrogen) atoms. The molecule has 0 aliphatic carbocycles. The van der Waals surface area contributed by atoms with Gasteiger partial charge in [0.15, 0.2) is 0 Å². The summed E-state index contributed by atoms with van der Waals surface area (Å²) in [4.78, 5) is 0. The molecule has 1 unspecified atom stereocenters. The number of rotatable bonds is 8. The minimum absolute atomic E-state index is 0.0882. The highest BCUT2D eigenvalue weighted by atomic mass is 31.1. The molecule has 2 nitrogen and oxygen atoms in total. The van der Waals surface area contributed by atoms with Gasteiger partial charge in [-0.1, -0.05) is 78.1 Å². The van der Waals surface area contributed by atoms with E-state index < -0.39 is 7.92 Å². The van der Waals surface area contributed by atoms with E-state index in [1.54, 1.807) is 14.2 Å². The molecule has 0 aliphatic heterocycles. The van der Waals surface area contributed by atoms with Crippen LogP contribution in [0.25, 0.3) is 11.1 Å². The van der Waals surface area contributed by atoms with Gasteiger partial charge in [0.2, 0.25) is 0 Å². The van der Waals surface area contributed by atoms with Gasteiger partial charge in [0.25, 0.3) is 0 Å². The fraction of sp³-hybridized carbons (Fsp3) is 0.333. The van der Waals surface area contributed by atoms with Crippen molar-refractivity contribution in [2.75, 3.05) is 14.2 Å². The Morgan fingerprint density at radius 3 is 1.69 bits per heavy atom. The van der Waals surface area contributed by atoms with Crippen LogP contribution >= 0.6 is 7.92 Å². The minimum atomic E-state index is -0.860. The normalized spacial score (nSPS) is 12.4. The standard InChI is InChI=1S/C33H41O2P/c1-21(2)27-17-25(18-28(22(3)4)31(27)34-10)36(24-15-13-12-14-16-24)26-19-29(23(5)6)32(35-11)30(20-26)33(7,8)9/h12-20,22H,1,5H2,2-4,6-11H3. The van der Waals surface area contributed by atoms with E-state index in [1.807, 2.05) is 0 Å². The molecular weight excluding hydrogens is 459 g/mol. The molecule has 3 rings (SSSR count). The lowest BCUT2D eigenvalue weighted by molar-refractivity contribution is 0.396. The van der Waals surface area contributed by atoms with Crippen molar-refractivity contribution in [2.45, 2.75) is 59.8 Å². The lowest BCUT2D eigenvalue weighted by Gasteiger charge is -2.29. The number of hydrogen-bond acceptors (Lipinski definition) is 2. The van der Waals surface area contributed by atoms with E-state index in [9.17, 15) is 0 Å². The average molecular weight is 501 g/mol. The maximum Gasteiger partial charge on any atom is 0.130 e. The molecule has 0 saturated heterocycles. The van der Waals surface area contributed by atoms with Crippen LogP contribution in [0.4, 0.5) is 0 Å². The van der Waals surface area contributed by atoms with Gasteiger partial charge >= 0.3 is 0 Å². The van der Waals surface area contributed by atoms with Crippen molar-refractivity contribution in [3.8, 4) is 11.5 Å². The minimum Gasteiger partial charge on any atom is -0.496 e. The van der Waals surface area contributed by atoms with E-state index in [2.05, 4.69) is 116 Å². The van der Waals surface area contributed by atoms with Gasteiger partial charge in [0.05, 0.1) is 14.2 Å². The van der Waals surface area contributed by atoms with Gasteiger partial charge in [-0.25, -0.2) is 0 Å². The van der Waals surface area contributed by atoms with Crippen LogP contribution in [-0.4, -0.2) is 14.2 Å². The second-order valence-electron chi connectivity index (χ2n) is 10.8. The third-order valence-electron chi connectivity index (χ3n) is 6.46. The van der Waals surface area contributed by atoms with Crippen LogP contribution in [0.15, 0.2) is 67.8 Å². The SMILES string of the molecule is C=C(C)c1cc(P(c2ccccc2)c2cc(C(=C)C)c(OC)c(C(C)(C)C)c2)cc(C(C)C)c1OC. The second-order valence-corrected chi connectivity index (χ2v) is 13.0. The molecule has 0 saturated carbocycles. The van der Waals surface area contributed by atoms with Gasteiger partial charge in [0.1, 0.15) is 11.5 Å². The maximum atomic E-state index is 5.96. The fourth-order valence-electron chi connectivity index (χ4n) is 4.60. The van der Waals surface area contributed by atoms with Crippen LogP contribution in [0.1, 0.15) is 76.6 Å². The molecule has 0 bridgehead atoms. The fourth-order valence-corrected chi connectivity index (χ4v) is 7.01. The van der Waals surface area contributed by atoms with Crippen LogP contribution in [0.5, 0.6) is 11.5 Å². The summed E-state index contributed by atoms with van der Waals surface area (Å²) in [6.07, 6.45) is 0. The largest absolute Gasteiger partial charge is 0.496 e. The zero-order valence-corrected chi connectivity index (χ0v) is 24.3. The smallest absolute Gasteiger partial charge is 0.130 e. The van der Waals surface area contributed by atoms with E-state index in [4.69, 9.17) is 9.47 Å². The van der Waals surface area contributed by atoms with Crippen LogP contribution < -0.4 is 25.4 Å². The van der Waals surface area contributed by atoms with Crippen molar-refractivity contribution in [1.82, 2.24) is 0 Å². The molecule has 0 amide bonds. The molecule has 0 fully saturated rings. The van der Waals surface area contributed by atoms with Crippen molar-refractivity contribution >= 4 is 35.0 Å². The summed E-state index contributed by atoms with van der Waals surface area (Å²) >= 11 is 0. The second kappa shape index (κ2) is 11.1. The van der Waals surface area contributed by atoms with Gasteiger partial charge in [0, 0.05) is 16.7 Å². The maximum absolute atomic E-state index is 5.96. The highest BCUT2D eigenvalue weighted by molar-refractivity contribution is 7.79. The molecule has 3 aromatic carbocycles. The highest BCUT2D eigenvalue weighted by Gasteiger charge is 2.27. The molecule has 3 heteroatoms. The predicted molar refractivity (Wildman–Crippen MR) is 160 cm³/mol. The number of benzene rings is 3. The molecular formula is C33H41O2P. The van der Waals surface area contributed by atoms with E-state index in [0.717, 1.165) is 33.8 Å². The Bertz CT molecular complexity index is 1260. The van der Waals surface area contributed by atoms with Gasteiger partial charge in [-0.2, -0.15) is 0 Å². The van der Waals surface area contributed by atoms with Crippen molar-refractivity contribution in [2.24, 2.45) is 0 Å². The van der Waals surface area contributed by atoms with Crippen molar-refractivity contribution in [3.05, 3.63) is 90.0 Å². The van der Waals surface area contributed by atoms with Gasteiger partial charge in [-0.05, 0) is 90.0 Å². The summed E-state index contributed by atoms with van der Waals surface area (Å²) in [5.74, 6) is 2.16. The van der Waals surface area contributed by atoms with Crippen LogP contribution in [0.3, 0.4) is 0 Å². The molecule has 0 aromatic heterocycles. The van der Waals surface area contributed by atoms with Crippen LogP contribution in [0.2, 0.25) is 0 Å². The monoisotopic (exact) mass is 500 g/mol. The first kappa shape index (κ1) is 27.8. The zero-order chi connectivity index (χ0) is 26.8. The van der Waals surface area contributed by atoms with Crippen LogP contribution in [0, 0.1) is 0 Å². The van der Waals surface area contributed by atoms with E-state index in [1.165, 1.54) is 27.0 Å². The van der Waals surface area contributed by atoms with E-state index >= 15 is 0 Å². The summed E-state index contributed by atoms with van der Waals surface area (Å²) in [5, 5.41) is 3.88. The topological polar surface area (TPSA) is 18.5 Å². The lowest BCUT2D eigenvalue weighted by Crippen LogP contribution is -2.25. The molecule has 0 heterocycles. The third kappa shape index (κ3) is 5.60. The molecule has 0 aliphatic rings. The average Bonchev–Trinajstić information content (AvgIpc) is 2.83. The molecule has 190 valence electrons. The zero-order valence-electron chi connectivity index (χ0n) is 23.5. The number of allylic oxidation sites excluding steroid dienone is 2. The summed E-state index contributed by atoms with van der Waals surface area (Å²) in [6, 6.07) is 20.1. The van der Waals surface area contributed by atoms with Crippen molar-refractivity contribution < 1.29 is 9.47 Å². The Balaban J connectivity index is 2.46. The van der Waals surface area contributed by atoms with Gasteiger partial charge in [-0.3, -0.25) is 0 Å². The first-order valence-corrected chi connectivity index (χ1v) is 13.9. The van der Waals surface area contributed by atoms with E-state index in [0.29, 0.717) is 5.92 Å². The molecule has 1 atom stereocenters. The summed E-state index contributed by atoms with van der Waals surface area (Å²) in [6.45, 7) is 23.9. The Kier molecular flexibility index (Phi) is 8.52. The molecule has 3 aromatic rings. The Morgan fingerprint density at radius 2 is 1.25 bits per heavy atom. The highest BCUT2D eigenvalue weighted by Crippen LogP contribution is 2.43. The molecule has 0 spiro atoms. The summed E-state index contributed by atoms with van der Waals surface area (Å²) in [7, 11) is 2.65. The number of ether oxygens (including phenoxy) is 2. The quantitative estimate of drug-likeness (QED) is 0.292. The Morgan fingerprint density at radius 1 is 0.750 bits per heavy atom. The number of methoxy groups -OCH3 is 2. The third-order valence-corrected chi connectivity index (χ3v) is 8.83. The Labute approximate surface area is 219 Å². The van der Waals surface area contributed by atoms with Gasteiger partial charge in [-0.15, -0.1) is 0 Å². The Hall–Kier alpha value is -2.83. The first-order valence-electron chi connectivity index (χ1n) is 12.5. The summed E-state index contributed by atoms with van der Waals surface area (Å²) < 4.78 is 11.9.